The number of aryl methyl sites for hydroxylation is 1. The van der Waals surface area contributed by atoms with Gasteiger partial charge in [-0.2, -0.15) is 5.10 Å². The molecule has 0 spiro atoms. The van der Waals surface area contributed by atoms with Crippen LogP contribution in [0.25, 0.3) is 0 Å². The second-order valence-electron chi connectivity index (χ2n) is 5.02. The molecule has 106 valence electrons. The number of hydrogen-bond donors (Lipinski definition) is 1. The number of benzene rings is 2. The molecule has 0 bridgehead atoms. The topological polar surface area (TPSA) is 41.5 Å². The highest BCUT2D eigenvalue weighted by atomic mass is 79.9. The molecule has 3 nitrogen and oxygen atoms in total. The fraction of sp³-hybridized carbons (Fsp3) is 0.176. The molecule has 2 aromatic rings. The molecule has 0 heterocycles. The maximum Gasteiger partial charge on any atom is 0.271 e. The summed E-state index contributed by atoms with van der Waals surface area (Å²) in [7, 11) is 0. The van der Waals surface area contributed by atoms with Crippen LogP contribution in [0, 0.1) is 0 Å². The van der Waals surface area contributed by atoms with Crippen LogP contribution in [0.2, 0.25) is 0 Å². The Kier molecular flexibility index (Phi) is 4.15. The van der Waals surface area contributed by atoms with Gasteiger partial charge in [0.05, 0.1) is 5.71 Å². The predicted molar refractivity (Wildman–Crippen MR) is 87.5 cm³/mol. The van der Waals surface area contributed by atoms with Crippen molar-refractivity contribution in [1.82, 2.24) is 5.43 Å². The van der Waals surface area contributed by atoms with Crippen LogP contribution >= 0.6 is 15.9 Å². The van der Waals surface area contributed by atoms with E-state index in [2.05, 4.69) is 38.6 Å². The molecule has 0 aromatic heterocycles. The van der Waals surface area contributed by atoms with Crippen molar-refractivity contribution in [1.29, 1.82) is 0 Å². The molecule has 21 heavy (non-hydrogen) atoms. The number of fused-ring (bicyclic) bond motifs is 1. The molecule has 1 aliphatic rings. The van der Waals surface area contributed by atoms with Crippen LogP contribution in [-0.4, -0.2) is 11.6 Å². The van der Waals surface area contributed by atoms with Crippen LogP contribution in [0.5, 0.6) is 0 Å². The quantitative estimate of drug-likeness (QED) is 0.825. The van der Waals surface area contributed by atoms with E-state index in [-0.39, 0.29) is 5.91 Å². The highest BCUT2D eigenvalue weighted by Crippen LogP contribution is 2.21. The number of carbonyl (C=O) groups is 1. The van der Waals surface area contributed by atoms with Crippen molar-refractivity contribution >= 4 is 27.5 Å². The molecular formula is C17H15BrN2O. The van der Waals surface area contributed by atoms with Gasteiger partial charge in [-0.15, -0.1) is 0 Å². The zero-order valence-corrected chi connectivity index (χ0v) is 13.1. The number of nitrogens with zero attached hydrogens (tertiary/aromatic N) is 1. The average molecular weight is 343 g/mol. The van der Waals surface area contributed by atoms with Crippen molar-refractivity contribution in [2.24, 2.45) is 5.10 Å². The van der Waals surface area contributed by atoms with Gasteiger partial charge in [0, 0.05) is 15.6 Å². The van der Waals surface area contributed by atoms with Crippen LogP contribution in [0.15, 0.2) is 58.1 Å². The van der Waals surface area contributed by atoms with Crippen molar-refractivity contribution in [2.75, 3.05) is 0 Å². The van der Waals surface area contributed by atoms with Gasteiger partial charge in [0.1, 0.15) is 0 Å². The Morgan fingerprint density at radius 3 is 2.81 bits per heavy atom. The Morgan fingerprint density at radius 2 is 1.95 bits per heavy atom. The summed E-state index contributed by atoms with van der Waals surface area (Å²) in [6.07, 6.45) is 3.05. The van der Waals surface area contributed by atoms with Crippen LogP contribution in [-0.2, 0) is 6.42 Å². The number of hydrogen-bond acceptors (Lipinski definition) is 2. The lowest BCUT2D eigenvalue weighted by Crippen LogP contribution is -2.22. The lowest BCUT2D eigenvalue weighted by Gasteiger charge is -2.17. The Bertz CT molecular complexity index is 709. The van der Waals surface area contributed by atoms with Crippen LogP contribution in [0.3, 0.4) is 0 Å². The van der Waals surface area contributed by atoms with Crippen molar-refractivity contribution in [2.45, 2.75) is 19.3 Å². The summed E-state index contributed by atoms with van der Waals surface area (Å²) < 4.78 is 0.880. The molecule has 0 atom stereocenters. The molecular weight excluding hydrogens is 328 g/mol. The van der Waals surface area contributed by atoms with Gasteiger partial charge in [0.15, 0.2) is 0 Å². The SMILES string of the molecule is O=C(N/N=C1\CCCc2ccccc21)c1cccc(Br)c1. The van der Waals surface area contributed by atoms with E-state index in [0.29, 0.717) is 5.56 Å². The lowest BCUT2D eigenvalue weighted by molar-refractivity contribution is 0.0954. The van der Waals surface area contributed by atoms with E-state index in [1.807, 2.05) is 24.3 Å². The third kappa shape index (κ3) is 3.22. The maximum absolute atomic E-state index is 12.1. The van der Waals surface area contributed by atoms with E-state index >= 15 is 0 Å². The fourth-order valence-electron chi connectivity index (χ4n) is 2.53. The smallest absolute Gasteiger partial charge is 0.267 e. The number of halogens is 1. The molecule has 2 aromatic carbocycles. The molecule has 1 aliphatic carbocycles. The van der Waals surface area contributed by atoms with Crippen molar-refractivity contribution in [3.63, 3.8) is 0 Å². The van der Waals surface area contributed by atoms with Crippen molar-refractivity contribution < 1.29 is 4.79 Å². The molecule has 4 heteroatoms. The van der Waals surface area contributed by atoms with Crippen LogP contribution < -0.4 is 5.43 Å². The monoisotopic (exact) mass is 342 g/mol. The highest BCUT2D eigenvalue weighted by molar-refractivity contribution is 9.10. The second kappa shape index (κ2) is 6.22. The third-order valence-electron chi connectivity index (χ3n) is 3.57. The summed E-state index contributed by atoms with van der Waals surface area (Å²) in [5.41, 5.74) is 6.67. The molecule has 0 unspecified atom stereocenters. The van der Waals surface area contributed by atoms with E-state index in [1.165, 1.54) is 5.56 Å². The molecule has 1 N–H and O–H groups in total. The fourth-order valence-corrected chi connectivity index (χ4v) is 2.93. The van der Waals surface area contributed by atoms with E-state index in [0.717, 1.165) is 35.0 Å². The van der Waals surface area contributed by atoms with E-state index < -0.39 is 0 Å². The summed E-state index contributed by atoms with van der Waals surface area (Å²) in [5.74, 6) is -0.188. The summed E-state index contributed by atoms with van der Waals surface area (Å²) in [6, 6.07) is 15.5. The van der Waals surface area contributed by atoms with Crippen molar-refractivity contribution in [3.8, 4) is 0 Å². The first-order chi connectivity index (χ1) is 10.2. The van der Waals surface area contributed by atoms with Crippen molar-refractivity contribution in [3.05, 3.63) is 69.7 Å². The van der Waals surface area contributed by atoms with Gasteiger partial charge in [-0.05, 0) is 43.0 Å². The third-order valence-corrected chi connectivity index (χ3v) is 4.06. The average Bonchev–Trinajstić information content (AvgIpc) is 2.52. The number of hydrazone groups is 1. The standard InChI is InChI=1S/C17H15BrN2O/c18-14-8-3-7-13(11-14)17(21)20-19-16-10-4-6-12-5-1-2-9-15(12)16/h1-3,5,7-9,11H,4,6,10H2,(H,20,21)/b19-16+. The van der Waals surface area contributed by atoms with E-state index in [9.17, 15) is 4.79 Å². The Balaban J connectivity index is 1.79. The molecule has 0 saturated heterocycles. The van der Waals surface area contributed by atoms with Crippen LogP contribution in [0.1, 0.15) is 34.3 Å². The lowest BCUT2D eigenvalue weighted by atomic mass is 9.90. The van der Waals surface area contributed by atoms with E-state index in [4.69, 9.17) is 0 Å². The minimum Gasteiger partial charge on any atom is -0.267 e. The minimum atomic E-state index is -0.188. The number of nitrogens with one attached hydrogen (secondary N) is 1. The molecule has 0 aliphatic heterocycles. The summed E-state index contributed by atoms with van der Waals surface area (Å²) in [5, 5.41) is 4.33. The van der Waals surface area contributed by atoms with Gasteiger partial charge < -0.3 is 0 Å². The first-order valence-electron chi connectivity index (χ1n) is 6.95. The molecule has 0 radical (unpaired) electrons. The zero-order chi connectivity index (χ0) is 14.7. The Morgan fingerprint density at radius 1 is 1.10 bits per heavy atom. The maximum atomic E-state index is 12.1. The largest absolute Gasteiger partial charge is 0.271 e. The number of rotatable bonds is 2. The Hall–Kier alpha value is -1.94. The summed E-state index contributed by atoms with van der Waals surface area (Å²) >= 11 is 3.36. The number of carbonyl (C=O) groups excluding carboxylic acids is 1. The number of amides is 1. The molecule has 3 rings (SSSR count). The van der Waals surface area contributed by atoms with E-state index in [1.54, 1.807) is 12.1 Å². The van der Waals surface area contributed by atoms with Gasteiger partial charge in [0.2, 0.25) is 0 Å². The summed E-state index contributed by atoms with van der Waals surface area (Å²) in [4.78, 5) is 12.1. The van der Waals surface area contributed by atoms with Gasteiger partial charge in [-0.1, -0.05) is 46.3 Å². The molecule has 0 saturated carbocycles. The predicted octanol–water partition coefficient (Wildman–Crippen LogP) is 3.92. The first-order valence-corrected chi connectivity index (χ1v) is 7.74. The van der Waals surface area contributed by atoms with Gasteiger partial charge >= 0.3 is 0 Å². The van der Waals surface area contributed by atoms with Gasteiger partial charge in [-0.3, -0.25) is 4.79 Å². The Labute approximate surface area is 132 Å². The molecule has 1 amide bonds. The van der Waals surface area contributed by atoms with Crippen LogP contribution in [0.4, 0.5) is 0 Å². The summed E-state index contributed by atoms with van der Waals surface area (Å²) in [6.45, 7) is 0. The normalized spacial score (nSPS) is 15.6. The minimum absolute atomic E-state index is 0.188. The second-order valence-corrected chi connectivity index (χ2v) is 5.94. The van der Waals surface area contributed by atoms with Gasteiger partial charge in [-0.25, -0.2) is 5.43 Å². The molecule has 0 fully saturated rings. The first kappa shape index (κ1) is 14.0. The highest BCUT2D eigenvalue weighted by Gasteiger charge is 2.15. The zero-order valence-electron chi connectivity index (χ0n) is 11.5. The van der Waals surface area contributed by atoms with Gasteiger partial charge in [0.25, 0.3) is 5.91 Å².